The van der Waals surface area contributed by atoms with Crippen LogP contribution in [-0.4, -0.2) is 30.4 Å². The molecule has 0 aliphatic heterocycles. The first kappa shape index (κ1) is 24.1. The first-order chi connectivity index (χ1) is 16.5. The van der Waals surface area contributed by atoms with Gasteiger partial charge in [0.05, 0.1) is 16.3 Å². The second-order valence-electron chi connectivity index (χ2n) is 7.95. The monoisotopic (exact) mass is 491 g/mol. The lowest BCUT2D eigenvalue weighted by Crippen LogP contribution is -2.32. The van der Waals surface area contributed by atoms with Crippen molar-refractivity contribution in [3.05, 3.63) is 95.1 Å². The van der Waals surface area contributed by atoms with Gasteiger partial charge in [-0.05, 0) is 49.2 Å². The summed E-state index contributed by atoms with van der Waals surface area (Å²) in [5.41, 5.74) is 3.58. The van der Waals surface area contributed by atoms with Crippen LogP contribution in [0.2, 0.25) is 0 Å². The molecule has 0 N–H and O–H groups in total. The van der Waals surface area contributed by atoms with Crippen LogP contribution in [-0.2, 0) is 10.0 Å². The van der Waals surface area contributed by atoms with E-state index >= 15 is 0 Å². The van der Waals surface area contributed by atoms with Gasteiger partial charge in [0.1, 0.15) is 0 Å². The number of hydrogen-bond donors (Lipinski definition) is 0. The summed E-state index contributed by atoms with van der Waals surface area (Å²) in [7, 11) is -3.57. The molecule has 0 atom stereocenters. The molecule has 0 spiro atoms. The van der Waals surface area contributed by atoms with Crippen molar-refractivity contribution in [1.82, 2.24) is 8.87 Å². The molecular formula is C27H29N3O2S2. The summed E-state index contributed by atoms with van der Waals surface area (Å²) in [5, 5.41) is 2.04. The van der Waals surface area contributed by atoms with Crippen LogP contribution >= 0.6 is 11.3 Å². The van der Waals surface area contributed by atoms with E-state index in [0.717, 1.165) is 40.3 Å². The van der Waals surface area contributed by atoms with E-state index < -0.39 is 10.0 Å². The topological polar surface area (TPSA) is 54.7 Å². The molecule has 7 heteroatoms. The Morgan fingerprint density at radius 3 is 2.15 bits per heavy atom. The van der Waals surface area contributed by atoms with Crippen LogP contribution in [0.5, 0.6) is 0 Å². The molecule has 0 fully saturated rings. The Kier molecular flexibility index (Phi) is 7.77. The fourth-order valence-electron chi connectivity index (χ4n) is 3.85. The third-order valence-electron chi connectivity index (χ3n) is 5.42. The predicted molar refractivity (Wildman–Crippen MR) is 140 cm³/mol. The third kappa shape index (κ3) is 5.22. The fraction of sp³-hybridized carbons (Fsp3) is 0.222. The van der Waals surface area contributed by atoms with Crippen molar-refractivity contribution in [1.29, 1.82) is 0 Å². The van der Waals surface area contributed by atoms with Gasteiger partial charge in [0, 0.05) is 29.7 Å². The molecular weight excluding hydrogens is 462 g/mol. The summed E-state index contributed by atoms with van der Waals surface area (Å²) >= 11 is 1.53. The molecule has 0 aliphatic rings. The Bertz CT molecular complexity index is 1390. The van der Waals surface area contributed by atoms with Gasteiger partial charge >= 0.3 is 0 Å². The molecule has 0 radical (unpaired) electrons. The average molecular weight is 492 g/mol. The number of rotatable bonds is 9. The van der Waals surface area contributed by atoms with Crippen molar-refractivity contribution < 1.29 is 8.42 Å². The number of para-hydroxylation sites is 2. The van der Waals surface area contributed by atoms with Gasteiger partial charge in [-0.3, -0.25) is 4.57 Å². The largest absolute Gasteiger partial charge is 0.285 e. The summed E-state index contributed by atoms with van der Waals surface area (Å²) in [6, 6.07) is 27.1. The molecule has 0 bridgehead atoms. The van der Waals surface area contributed by atoms with Crippen LogP contribution in [0.15, 0.2) is 100 Å². The van der Waals surface area contributed by atoms with Gasteiger partial charge in [-0.1, -0.05) is 62.4 Å². The maximum atomic E-state index is 13.4. The summed E-state index contributed by atoms with van der Waals surface area (Å²) in [6.07, 6.45) is 1.56. The van der Waals surface area contributed by atoms with Crippen molar-refractivity contribution in [2.24, 2.45) is 4.99 Å². The zero-order valence-corrected chi connectivity index (χ0v) is 21.1. The smallest absolute Gasteiger partial charge is 0.243 e. The Labute approximate surface area is 205 Å². The molecule has 0 saturated carbocycles. The van der Waals surface area contributed by atoms with Gasteiger partial charge in [0.15, 0.2) is 4.80 Å². The molecule has 34 heavy (non-hydrogen) atoms. The predicted octanol–water partition coefficient (Wildman–Crippen LogP) is 6.25. The van der Waals surface area contributed by atoms with Crippen molar-refractivity contribution in [2.75, 3.05) is 13.1 Å². The minimum atomic E-state index is -3.57. The van der Waals surface area contributed by atoms with Crippen molar-refractivity contribution in [3.63, 3.8) is 0 Å². The van der Waals surface area contributed by atoms with Gasteiger partial charge in [-0.15, -0.1) is 11.3 Å². The second kappa shape index (κ2) is 11.0. The van der Waals surface area contributed by atoms with E-state index in [-0.39, 0.29) is 0 Å². The Morgan fingerprint density at radius 1 is 0.853 bits per heavy atom. The number of sulfonamides is 1. The SMILES string of the molecule is CCCN(CCC)S(=O)(=O)c1cccc(-c2csc(=Nc3ccccc3)n2-c2ccccc2)c1. The van der Waals surface area contributed by atoms with E-state index in [4.69, 9.17) is 4.99 Å². The van der Waals surface area contributed by atoms with Gasteiger partial charge in [-0.2, -0.15) is 4.31 Å². The third-order valence-corrected chi connectivity index (χ3v) is 8.14. The highest BCUT2D eigenvalue weighted by Gasteiger charge is 2.24. The summed E-state index contributed by atoms with van der Waals surface area (Å²) < 4.78 is 30.5. The number of benzene rings is 3. The first-order valence-electron chi connectivity index (χ1n) is 11.5. The van der Waals surface area contributed by atoms with Crippen LogP contribution in [0.3, 0.4) is 0 Å². The second-order valence-corrected chi connectivity index (χ2v) is 10.7. The minimum Gasteiger partial charge on any atom is -0.285 e. The summed E-state index contributed by atoms with van der Waals surface area (Å²) in [5.74, 6) is 0. The molecule has 4 aromatic rings. The zero-order chi connectivity index (χ0) is 24.0. The van der Waals surface area contributed by atoms with Crippen molar-refractivity contribution in [3.8, 4) is 16.9 Å². The normalized spacial score (nSPS) is 12.4. The maximum absolute atomic E-state index is 13.4. The number of aromatic nitrogens is 1. The van der Waals surface area contributed by atoms with E-state index in [9.17, 15) is 8.42 Å². The molecule has 0 unspecified atom stereocenters. The molecule has 1 aromatic heterocycles. The van der Waals surface area contributed by atoms with E-state index in [1.807, 2.05) is 92.0 Å². The van der Waals surface area contributed by atoms with E-state index in [1.165, 1.54) is 11.3 Å². The summed E-state index contributed by atoms with van der Waals surface area (Å²) in [4.78, 5) is 6.00. The lowest BCUT2D eigenvalue weighted by molar-refractivity contribution is 0.410. The molecule has 176 valence electrons. The first-order valence-corrected chi connectivity index (χ1v) is 13.8. The van der Waals surface area contributed by atoms with E-state index in [1.54, 1.807) is 16.4 Å². The van der Waals surface area contributed by atoms with Gasteiger partial charge in [-0.25, -0.2) is 13.4 Å². The van der Waals surface area contributed by atoms with Crippen LogP contribution in [0.25, 0.3) is 16.9 Å². The van der Waals surface area contributed by atoms with Crippen molar-refractivity contribution in [2.45, 2.75) is 31.6 Å². The van der Waals surface area contributed by atoms with Gasteiger partial charge in [0.25, 0.3) is 0 Å². The van der Waals surface area contributed by atoms with Gasteiger partial charge in [0.2, 0.25) is 10.0 Å². The van der Waals surface area contributed by atoms with E-state index in [0.29, 0.717) is 18.0 Å². The Hall–Kier alpha value is -3.00. The molecule has 3 aromatic carbocycles. The number of thiazole rings is 1. The lowest BCUT2D eigenvalue weighted by Gasteiger charge is -2.21. The lowest BCUT2D eigenvalue weighted by atomic mass is 10.1. The van der Waals surface area contributed by atoms with Crippen LogP contribution in [0.1, 0.15) is 26.7 Å². The van der Waals surface area contributed by atoms with E-state index in [2.05, 4.69) is 4.57 Å². The Morgan fingerprint density at radius 2 is 1.50 bits per heavy atom. The number of hydrogen-bond acceptors (Lipinski definition) is 4. The number of nitrogens with zero attached hydrogens (tertiary/aromatic N) is 3. The molecule has 0 aliphatic carbocycles. The maximum Gasteiger partial charge on any atom is 0.243 e. The van der Waals surface area contributed by atoms with Gasteiger partial charge < -0.3 is 0 Å². The van der Waals surface area contributed by atoms with Crippen molar-refractivity contribution >= 4 is 27.0 Å². The molecule has 1 heterocycles. The molecule has 0 amide bonds. The summed E-state index contributed by atoms with van der Waals surface area (Å²) in [6.45, 7) is 5.03. The highest BCUT2D eigenvalue weighted by molar-refractivity contribution is 7.89. The Balaban J connectivity index is 1.86. The average Bonchev–Trinajstić information content (AvgIpc) is 3.28. The minimum absolute atomic E-state index is 0.319. The highest BCUT2D eigenvalue weighted by atomic mass is 32.2. The van der Waals surface area contributed by atoms with Crippen LogP contribution < -0.4 is 4.80 Å². The fourth-order valence-corrected chi connectivity index (χ4v) is 6.44. The zero-order valence-electron chi connectivity index (χ0n) is 19.5. The highest BCUT2D eigenvalue weighted by Crippen LogP contribution is 2.27. The standard InChI is InChI=1S/C27H29N3O2S2/c1-3-18-29(19-4-2)34(31,32)25-17-11-12-22(20-25)26-21-33-27(28-23-13-7-5-8-14-23)30(26)24-15-9-6-10-16-24/h5-17,20-21H,3-4,18-19H2,1-2H3. The van der Waals surface area contributed by atoms with Crippen LogP contribution in [0, 0.1) is 0 Å². The van der Waals surface area contributed by atoms with Crippen LogP contribution in [0.4, 0.5) is 5.69 Å². The quantitative estimate of drug-likeness (QED) is 0.278. The molecule has 5 nitrogen and oxygen atoms in total. The molecule has 0 saturated heterocycles. The molecule has 4 rings (SSSR count).